The van der Waals surface area contributed by atoms with Crippen LogP contribution in [0.1, 0.15) is 27.8 Å². The normalized spacial score (nSPS) is 10.3. The fourth-order valence-corrected chi connectivity index (χ4v) is 1.53. The van der Waals surface area contributed by atoms with Gasteiger partial charge in [0.1, 0.15) is 0 Å². The Balaban J connectivity index is 2.65. The molecule has 0 atom stereocenters. The predicted molar refractivity (Wildman–Crippen MR) is 62.5 cm³/mol. The topological polar surface area (TPSA) is 89.4 Å². The van der Waals surface area contributed by atoms with Crippen LogP contribution < -0.4 is 0 Å². The van der Waals surface area contributed by atoms with Gasteiger partial charge in [0.25, 0.3) is 0 Å². The average molecular weight is 246 g/mol. The molecule has 0 saturated heterocycles. The summed E-state index contributed by atoms with van der Waals surface area (Å²) in [7, 11) is 0. The zero-order valence-electron chi connectivity index (χ0n) is 9.58. The summed E-state index contributed by atoms with van der Waals surface area (Å²) in [6.45, 7) is 1.81. The van der Waals surface area contributed by atoms with Crippen LogP contribution in [-0.2, 0) is 4.74 Å². The molecule has 2 aromatic rings. The molecule has 92 valence electrons. The van der Waals surface area contributed by atoms with Crippen molar-refractivity contribution in [3.05, 3.63) is 35.7 Å². The van der Waals surface area contributed by atoms with Gasteiger partial charge in [-0.15, -0.1) is 0 Å². The molecule has 0 radical (unpaired) electrons. The van der Waals surface area contributed by atoms with Crippen molar-refractivity contribution < 1.29 is 19.4 Å². The Labute approximate surface area is 102 Å². The fourth-order valence-electron chi connectivity index (χ4n) is 1.53. The smallest absolute Gasteiger partial charge is 0.355 e. The summed E-state index contributed by atoms with van der Waals surface area (Å²) in [5.74, 6) is -1.99. The Morgan fingerprint density at radius 1 is 1.39 bits per heavy atom. The number of rotatable bonds is 3. The van der Waals surface area contributed by atoms with Crippen molar-refractivity contribution >= 4 is 23.0 Å². The highest BCUT2D eigenvalue weighted by Crippen LogP contribution is 2.16. The van der Waals surface area contributed by atoms with E-state index >= 15 is 0 Å². The quantitative estimate of drug-likeness (QED) is 0.825. The number of carbonyl (C=O) groups excluding carboxylic acids is 1. The number of esters is 1. The average Bonchev–Trinajstić information content (AvgIpc) is 2.37. The van der Waals surface area contributed by atoms with E-state index in [1.165, 1.54) is 6.07 Å². The molecule has 2 heterocycles. The largest absolute Gasteiger partial charge is 0.476 e. The molecule has 0 amide bonds. The fraction of sp³-hybridized carbons (Fsp3) is 0.167. The maximum absolute atomic E-state index is 11.7. The molecule has 0 aliphatic rings. The first-order valence-corrected chi connectivity index (χ1v) is 5.29. The van der Waals surface area contributed by atoms with E-state index in [-0.39, 0.29) is 17.9 Å². The van der Waals surface area contributed by atoms with Crippen LogP contribution in [0.2, 0.25) is 0 Å². The lowest BCUT2D eigenvalue weighted by Crippen LogP contribution is -2.14. The number of nitrogens with zero attached hydrogens (tertiary/aromatic N) is 2. The van der Waals surface area contributed by atoms with Gasteiger partial charge in [-0.2, -0.15) is 0 Å². The molecule has 2 rings (SSSR count). The molecule has 0 aromatic carbocycles. The zero-order valence-corrected chi connectivity index (χ0v) is 9.58. The summed E-state index contributed by atoms with van der Waals surface area (Å²) < 4.78 is 4.80. The second-order valence-electron chi connectivity index (χ2n) is 3.45. The maximum atomic E-state index is 11.7. The molecule has 6 heteroatoms. The summed E-state index contributed by atoms with van der Waals surface area (Å²) in [4.78, 5) is 30.7. The highest BCUT2D eigenvalue weighted by atomic mass is 16.5. The highest BCUT2D eigenvalue weighted by molar-refractivity contribution is 6.03. The minimum Gasteiger partial charge on any atom is -0.476 e. The van der Waals surface area contributed by atoms with Crippen molar-refractivity contribution in [2.75, 3.05) is 6.61 Å². The van der Waals surface area contributed by atoms with Crippen molar-refractivity contribution in [2.45, 2.75) is 6.92 Å². The van der Waals surface area contributed by atoms with E-state index in [0.29, 0.717) is 11.0 Å². The van der Waals surface area contributed by atoms with Crippen LogP contribution in [0.5, 0.6) is 0 Å². The molecule has 6 nitrogen and oxygen atoms in total. The first-order chi connectivity index (χ1) is 8.63. The van der Waals surface area contributed by atoms with Crippen molar-refractivity contribution in [3.63, 3.8) is 0 Å². The number of carboxylic acid groups (broad SMARTS) is 1. The number of hydrogen-bond donors (Lipinski definition) is 1. The minimum absolute atomic E-state index is 0.0875. The van der Waals surface area contributed by atoms with Gasteiger partial charge >= 0.3 is 11.9 Å². The van der Waals surface area contributed by atoms with E-state index in [2.05, 4.69) is 9.97 Å². The molecule has 0 bridgehead atoms. The Morgan fingerprint density at radius 2 is 2.17 bits per heavy atom. The van der Waals surface area contributed by atoms with Gasteiger partial charge in [-0.25, -0.2) is 14.6 Å². The minimum atomic E-state index is -1.27. The van der Waals surface area contributed by atoms with Gasteiger partial charge in [0.15, 0.2) is 5.69 Å². The molecule has 0 aliphatic heterocycles. The third-order valence-corrected chi connectivity index (χ3v) is 2.28. The number of aromatic nitrogens is 2. The van der Waals surface area contributed by atoms with Crippen LogP contribution in [0.3, 0.4) is 0 Å². The highest BCUT2D eigenvalue weighted by Gasteiger charge is 2.20. The van der Waals surface area contributed by atoms with Crippen molar-refractivity contribution in [1.82, 2.24) is 9.97 Å². The standard InChI is InChI=1S/C12H10N2O4/c1-2-18-12(17)7-6-9-8(4-3-5-13-9)14-10(7)11(15)16/h3-6H,2H2,1H3,(H,15,16). The Morgan fingerprint density at radius 3 is 2.83 bits per heavy atom. The van der Waals surface area contributed by atoms with Crippen LogP contribution >= 0.6 is 0 Å². The summed E-state index contributed by atoms with van der Waals surface area (Å²) >= 11 is 0. The lowest BCUT2D eigenvalue weighted by Gasteiger charge is -2.06. The molecule has 0 aliphatic carbocycles. The van der Waals surface area contributed by atoms with E-state index in [0.717, 1.165) is 0 Å². The third-order valence-electron chi connectivity index (χ3n) is 2.28. The van der Waals surface area contributed by atoms with Crippen LogP contribution in [0.25, 0.3) is 11.0 Å². The lowest BCUT2D eigenvalue weighted by molar-refractivity contribution is 0.0513. The number of hydrogen-bond acceptors (Lipinski definition) is 5. The summed E-state index contributed by atoms with van der Waals surface area (Å²) in [6, 6.07) is 4.65. The van der Waals surface area contributed by atoms with Gasteiger partial charge in [-0.3, -0.25) is 4.98 Å². The maximum Gasteiger partial charge on any atom is 0.355 e. The SMILES string of the molecule is CCOC(=O)c1cc2ncccc2nc1C(=O)O. The second-order valence-corrected chi connectivity index (χ2v) is 3.45. The number of aromatic carboxylic acids is 1. The number of carboxylic acids is 1. The molecule has 0 unspecified atom stereocenters. The van der Waals surface area contributed by atoms with Crippen LogP contribution in [0, 0.1) is 0 Å². The van der Waals surface area contributed by atoms with Crippen molar-refractivity contribution in [1.29, 1.82) is 0 Å². The molecule has 0 fully saturated rings. The molecular formula is C12H10N2O4. The number of ether oxygens (including phenoxy) is 1. The Kier molecular flexibility index (Phi) is 3.18. The van der Waals surface area contributed by atoms with Crippen LogP contribution in [0.15, 0.2) is 24.4 Å². The molecule has 2 aromatic heterocycles. The van der Waals surface area contributed by atoms with Gasteiger partial charge in [0.2, 0.25) is 0 Å². The Bertz CT molecular complexity index is 625. The van der Waals surface area contributed by atoms with Gasteiger partial charge in [-0.1, -0.05) is 0 Å². The first-order valence-electron chi connectivity index (χ1n) is 5.29. The number of carbonyl (C=O) groups is 2. The van der Waals surface area contributed by atoms with Crippen LogP contribution in [-0.4, -0.2) is 33.6 Å². The third kappa shape index (κ3) is 2.13. The van der Waals surface area contributed by atoms with Gasteiger partial charge in [0.05, 0.1) is 23.2 Å². The van der Waals surface area contributed by atoms with Gasteiger partial charge in [-0.05, 0) is 25.1 Å². The number of fused-ring (bicyclic) bond motifs is 1. The van der Waals surface area contributed by atoms with Crippen molar-refractivity contribution in [2.24, 2.45) is 0 Å². The lowest BCUT2D eigenvalue weighted by atomic mass is 10.1. The van der Waals surface area contributed by atoms with Gasteiger partial charge < -0.3 is 9.84 Å². The predicted octanol–water partition coefficient (Wildman–Crippen LogP) is 1.50. The first kappa shape index (κ1) is 12.0. The van der Waals surface area contributed by atoms with E-state index in [1.807, 2.05) is 0 Å². The summed E-state index contributed by atoms with van der Waals surface area (Å²) in [5, 5.41) is 9.05. The summed E-state index contributed by atoms with van der Waals surface area (Å²) in [5.41, 5.74) is 0.456. The van der Waals surface area contributed by atoms with E-state index in [4.69, 9.17) is 9.84 Å². The second kappa shape index (κ2) is 4.79. The Hall–Kier alpha value is -2.50. The zero-order chi connectivity index (χ0) is 13.1. The van der Waals surface area contributed by atoms with E-state index < -0.39 is 11.9 Å². The molecular weight excluding hydrogens is 236 g/mol. The molecule has 0 saturated carbocycles. The molecule has 1 N–H and O–H groups in total. The van der Waals surface area contributed by atoms with Crippen molar-refractivity contribution in [3.8, 4) is 0 Å². The monoisotopic (exact) mass is 246 g/mol. The van der Waals surface area contributed by atoms with E-state index in [9.17, 15) is 9.59 Å². The summed E-state index contributed by atoms with van der Waals surface area (Å²) in [6.07, 6.45) is 1.54. The number of pyridine rings is 2. The molecule has 18 heavy (non-hydrogen) atoms. The van der Waals surface area contributed by atoms with Crippen LogP contribution in [0.4, 0.5) is 0 Å². The molecule has 0 spiro atoms. The van der Waals surface area contributed by atoms with Gasteiger partial charge in [0, 0.05) is 6.20 Å². The van der Waals surface area contributed by atoms with E-state index in [1.54, 1.807) is 25.3 Å².